The van der Waals surface area contributed by atoms with Gasteiger partial charge in [-0.25, -0.2) is 0 Å². The van der Waals surface area contributed by atoms with Crippen molar-refractivity contribution in [1.82, 2.24) is 4.90 Å². The van der Waals surface area contributed by atoms with Gasteiger partial charge in [-0.15, -0.1) is 0 Å². The van der Waals surface area contributed by atoms with E-state index < -0.39 is 0 Å². The van der Waals surface area contributed by atoms with Crippen LogP contribution >= 0.6 is 0 Å². The van der Waals surface area contributed by atoms with E-state index in [0.29, 0.717) is 30.9 Å². The molecule has 1 aromatic carbocycles. The molecular formula is C19H30N3O3+. The Morgan fingerprint density at radius 3 is 2.44 bits per heavy atom. The standard InChI is InChI=1S/C19H29N3O3/c1-5-22(6-2)19(24)16-8-7-9-17(10-16)20-18(23)13-21-11-14(3)25-15(4)12-21/h7-10,14-15H,5-6,11-13H2,1-4H3,(H,20,23)/p+1/t14-,15-/m1/s1. The molecule has 1 aliphatic rings. The van der Waals surface area contributed by atoms with Crippen LogP contribution < -0.4 is 10.2 Å². The highest BCUT2D eigenvalue weighted by molar-refractivity contribution is 5.97. The molecule has 2 amide bonds. The van der Waals surface area contributed by atoms with Crippen molar-refractivity contribution in [2.75, 3.05) is 38.0 Å². The minimum absolute atomic E-state index is 0.0115. The molecule has 25 heavy (non-hydrogen) atoms. The van der Waals surface area contributed by atoms with E-state index in [4.69, 9.17) is 4.74 Å². The zero-order valence-electron chi connectivity index (χ0n) is 15.7. The first-order valence-electron chi connectivity index (χ1n) is 9.11. The topological polar surface area (TPSA) is 63.1 Å². The third-order valence-corrected chi connectivity index (χ3v) is 4.47. The normalized spacial score (nSPS) is 23.1. The van der Waals surface area contributed by atoms with Crippen LogP contribution in [0.25, 0.3) is 0 Å². The fourth-order valence-electron chi connectivity index (χ4n) is 3.39. The Hall–Kier alpha value is -1.92. The molecule has 1 heterocycles. The van der Waals surface area contributed by atoms with Crippen LogP contribution in [0.5, 0.6) is 0 Å². The number of nitrogens with zero attached hydrogens (tertiary/aromatic N) is 1. The second-order valence-electron chi connectivity index (χ2n) is 6.70. The average molecular weight is 348 g/mol. The summed E-state index contributed by atoms with van der Waals surface area (Å²) < 4.78 is 5.71. The van der Waals surface area contributed by atoms with Gasteiger partial charge in [0.1, 0.15) is 25.3 Å². The number of carbonyl (C=O) groups excluding carboxylic acids is 2. The summed E-state index contributed by atoms with van der Waals surface area (Å²) in [6, 6.07) is 7.15. The molecule has 1 fully saturated rings. The number of carbonyl (C=O) groups is 2. The smallest absolute Gasteiger partial charge is 0.279 e. The molecule has 1 aromatic rings. The molecule has 1 saturated heterocycles. The van der Waals surface area contributed by atoms with Crippen molar-refractivity contribution in [3.05, 3.63) is 29.8 Å². The van der Waals surface area contributed by atoms with Gasteiger partial charge < -0.3 is 19.9 Å². The van der Waals surface area contributed by atoms with Crippen LogP contribution in [0.3, 0.4) is 0 Å². The maximum absolute atomic E-state index is 12.4. The molecule has 138 valence electrons. The highest BCUT2D eigenvalue weighted by Gasteiger charge is 2.27. The van der Waals surface area contributed by atoms with Gasteiger partial charge in [0.15, 0.2) is 6.54 Å². The number of benzene rings is 1. The van der Waals surface area contributed by atoms with E-state index in [9.17, 15) is 9.59 Å². The average Bonchev–Trinajstić information content (AvgIpc) is 2.55. The largest absolute Gasteiger partial charge is 0.364 e. The van der Waals surface area contributed by atoms with Gasteiger partial charge in [0.25, 0.3) is 11.8 Å². The Morgan fingerprint density at radius 1 is 1.20 bits per heavy atom. The van der Waals surface area contributed by atoms with Crippen LogP contribution in [-0.2, 0) is 9.53 Å². The molecule has 2 rings (SSSR count). The summed E-state index contributed by atoms with van der Waals surface area (Å²) >= 11 is 0. The van der Waals surface area contributed by atoms with E-state index in [2.05, 4.69) is 5.32 Å². The van der Waals surface area contributed by atoms with Gasteiger partial charge in [-0.05, 0) is 45.9 Å². The second kappa shape index (κ2) is 8.97. The van der Waals surface area contributed by atoms with Crippen molar-refractivity contribution in [3.8, 4) is 0 Å². The Labute approximate surface area is 150 Å². The van der Waals surface area contributed by atoms with Crippen LogP contribution in [0.4, 0.5) is 5.69 Å². The SMILES string of the molecule is CCN(CC)C(=O)c1cccc(NC(=O)C[NH+]2C[C@@H](C)O[C@H](C)C2)c1. The summed E-state index contributed by atoms with van der Waals surface area (Å²) in [5, 5.41) is 2.92. The molecule has 0 unspecified atom stereocenters. The third-order valence-electron chi connectivity index (χ3n) is 4.47. The van der Waals surface area contributed by atoms with Crippen LogP contribution in [0, 0.1) is 0 Å². The van der Waals surface area contributed by atoms with E-state index in [1.807, 2.05) is 33.8 Å². The van der Waals surface area contributed by atoms with E-state index in [1.165, 1.54) is 4.90 Å². The lowest BCUT2D eigenvalue weighted by molar-refractivity contribution is -0.907. The number of rotatable bonds is 6. The van der Waals surface area contributed by atoms with E-state index in [1.54, 1.807) is 23.1 Å². The number of hydrogen-bond acceptors (Lipinski definition) is 3. The molecule has 2 N–H and O–H groups in total. The van der Waals surface area contributed by atoms with Crippen LogP contribution in [-0.4, -0.2) is 61.6 Å². The number of hydrogen-bond donors (Lipinski definition) is 2. The van der Waals surface area contributed by atoms with Crippen LogP contribution in [0.2, 0.25) is 0 Å². The Balaban J connectivity index is 1.97. The zero-order valence-corrected chi connectivity index (χ0v) is 15.7. The highest BCUT2D eigenvalue weighted by Crippen LogP contribution is 2.12. The maximum atomic E-state index is 12.4. The number of morpholine rings is 1. The molecule has 0 aromatic heterocycles. The van der Waals surface area contributed by atoms with E-state index in [-0.39, 0.29) is 24.0 Å². The van der Waals surface area contributed by atoms with E-state index in [0.717, 1.165) is 13.1 Å². The number of ether oxygens (including phenoxy) is 1. The summed E-state index contributed by atoms with van der Waals surface area (Å²) in [5.74, 6) is -0.0497. The first-order valence-corrected chi connectivity index (χ1v) is 9.11. The molecule has 0 saturated carbocycles. The molecular weight excluding hydrogens is 318 g/mol. The lowest BCUT2D eigenvalue weighted by atomic mass is 10.1. The first-order chi connectivity index (χ1) is 11.9. The van der Waals surface area contributed by atoms with Crippen LogP contribution in [0.1, 0.15) is 38.1 Å². The van der Waals surface area contributed by atoms with Gasteiger partial charge in [-0.3, -0.25) is 9.59 Å². The summed E-state index contributed by atoms with van der Waals surface area (Å²) in [4.78, 5) is 27.8. The summed E-state index contributed by atoms with van der Waals surface area (Å²) in [6.07, 6.45) is 0.336. The summed E-state index contributed by atoms with van der Waals surface area (Å²) in [6.45, 7) is 11.4. The summed E-state index contributed by atoms with van der Waals surface area (Å²) in [5.41, 5.74) is 1.26. The molecule has 2 atom stereocenters. The highest BCUT2D eigenvalue weighted by atomic mass is 16.5. The lowest BCUT2D eigenvalue weighted by Gasteiger charge is -2.31. The minimum Gasteiger partial charge on any atom is -0.364 e. The van der Waals surface area contributed by atoms with Crippen molar-refractivity contribution >= 4 is 17.5 Å². The van der Waals surface area contributed by atoms with Crippen molar-refractivity contribution in [3.63, 3.8) is 0 Å². The zero-order chi connectivity index (χ0) is 18.4. The molecule has 0 bridgehead atoms. The number of anilines is 1. The molecule has 6 nitrogen and oxygen atoms in total. The fourth-order valence-corrected chi connectivity index (χ4v) is 3.39. The number of quaternary nitrogens is 1. The summed E-state index contributed by atoms with van der Waals surface area (Å²) in [7, 11) is 0. The monoisotopic (exact) mass is 348 g/mol. The molecule has 0 aliphatic carbocycles. The second-order valence-corrected chi connectivity index (χ2v) is 6.70. The fraction of sp³-hybridized carbons (Fsp3) is 0.579. The lowest BCUT2D eigenvalue weighted by Crippen LogP contribution is -3.16. The Kier molecular flexibility index (Phi) is 6.96. The molecule has 0 radical (unpaired) electrons. The van der Waals surface area contributed by atoms with Gasteiger partial charge in [0, 0.05) is 24.3 Å². The van der Waals surface area contributed by atoms with Crippen molar-refractivity contribution in [2.24, 2.45) is 0 Å². The predicted molar refractivity (Wildman–Crippen MR) is 97.9 cm³/mol. The van der Waals surface area contributed by atoms with Crippen molar-refractivity contribution < 1.29 is 19.2 Å². The van der Waals surface area contributed by atoms with Crippen molar-refractivity contribution in [2.45, 2.75) is 39.9 Å². The third kappa shape index (κ3) is 5.54. The Bertz CT molecular complexity index is 591. The van der Waals surface area contributed by atoms with Gasteiger partial charge in [0.2, 0.25) is 0 Å². The quantitative estimate of drug-likeness (QED) is 0.799. The van der Waals surface area contributed by atoms with Gasteiger partial charge in [-0.1, -0.05) is 6.07 Å². The molecule has 0 spiro atoms. The number of nitrogens with one attached hydrogen (secondary N) is 2. The van der Waals surface area contributed by atoms with Gasteiger partial charge in [0.05, 0.1) is 0 Å². The molecule has 1 aliphatic heterocycles. The van der Waals surface area contributed by atoms with Crippen LogP contribution in [0.15, 0.2) is 24.3 Å². The van der Waals surface area contributed by atoms with Gasteiger partial charge >= 0.3 is 0 Å². The number of amides is 2. The van der Waals surface area contributed by atoms with Crippen molar-refractivity contribution in [1.29, 1.82) is 0 Å². The van der Waals surface area contributed by atoms with Gasteiger partial charge in [-0.2, -0.15) is 0 Å². The van der Waals surface area contributed by atoms with E-state index >= 15 is 0 Å². The predicted octanol–water partition coefficient (Wildman–Crippen LogP) is 0.799. The Morgan fingerprint density at radius 2 is 1.84 bits per heavy atom. The minimum atomic E-state index is -0.0382. The first kappa shape index (κ1) is 19.4. The molecule has 6 heteroatoms. The maximum Gasteiger partial charge on any atom is 0.279 e.